The van der Waals surface area contributed by atoms with Gasteiger partial charge in [0.05, 0.1) is 39.6 Å². The maximum Gasteiger partial charge on any atom is 0.205 e. The van der Waals surface area contributed by atoms with Gasteiger partial charge < -0.3 is 37.9 Å². The molecule has 0 saturated heterocycles. The lowest BCUT2D eigenvalue weighted by Crippen LogP contribution is -2.09. The van der Waals surface area contributed by atoms with E-state index in [4.69, 9.17) is 37.9 Å². The van der Waals surface area contributed by atoms with Crippen LogP contribution in [-0.4, -0.2) is 39.6 Å². The Morgan fingerprint density at radius 3 is 0.429 bits per heavy atom. The zero-order valence-corrected chi connectivity index (χ0v) is 84.7. The van der Waals surface area contributed by atoms with Crippen molar-refractivity contribution in [1.82, 2.24) is 0 Å². The molecule has 0 aliphatic carbocycles. The summed E-state index contributed by atoms with van der Waals surface area (Å²) in [6, 6.07) is 6.04. The summed E-state index contributed by atoms with van der Waals surface area (Å²) in [5, 5.41) is 0. The van der Waals surface area contributed by atoms with Gasteiger partial charge in [-0.15, -0.1) is 0 Å². The summed E-state index contributed by atoms with van der Waals surface area (Å²) in [6.07, 6.45) is 64.8. The van der Waals surface area contributed by atoms with Gasteiger partial charge >= 0.3 is 0 Å². The molecule has 0 heterocycles. The molecule has 0 radical (unpaired) electrons. The highest BCUT2D eigenvalue weighted by Gasteiger charge is 2.32. The summed E-state index contributed by atoms with van der Waals surface area (Å²) in [6.45, 7) is 13.3. The molecule has 0 atom stereocenters. The maximum atomic E-state index is 16.1. The van der Waals surface area contributed by atoms with Crippen LogP contribution >= 0.6 is 0 Å². The van der Waals surface area contributed by atoms with Crippen LogP contribution in [0.3, 0.4) is 0 Å². The lowest BCUT2D eigenvalue weighted by atomic mass is 10.0. The molecule has 0 unspecified atom stereocenters. The topological polar surface area (TPSA) is 73.8 Å². The molecule has 0 aliphatic heterocycles. The van der Waals surface area contributed by atoms with Crippen LogP contribution in [0, 0.1) is 129 Å². The van der Waals surface area contributed by atoms with Crippen molar-refractivity contribution < 1.29 is 108 Å². The number of rotatable bonds is 78. The second-order valence-electron chi connectivity index (χ2n) is 37.3. The maximum absolute atomic E-state index is 16.1. The van der Waals surface area contributed by atoms with Crippen LogP contribution in [0.1, 0.15) is 471 Å². The fraction of sp³-hybridized carbons (Fsp3) is 0.638. The van der Waals surface area contributed by atoms with Crippen LogP contribution in [0.2, 0.25) is 0 Å². The Hall–Kier alpha value is -8.72. The van der Waals surface area contributed by atoms with Gasteiger partial charge in [0.2, 0.25) is 34.8 Å². The Labute approximate surface area is 826 Å². The number of unbranched alkanes of at least 4 members (excludes halogenated alkanes) is 54. The van der Waals surface area contributed by atoms with Crippen molar-refractivity contribution in [2.45, 2.75) is 440 Å². The fourth-order valence-electron chi connectivity index (χ4n) is 16.8. The van der Waals surface area contributed by atoms with E-state index in [0.29, 0.717) is 50.4 Å². The highest BCUT2D eigenvalue weighted by Crippen LogP contribution is 2.44. The molecule has 6 rings (SSSR count). The fourth-order valence-corrected chi connectivity index (χ4v) is 16.8. The van der Waals surface area contributed by atoms with Gasteiger partial charge in [0.15, 0.2) is 104 Å². The average Bonchev–Trinajstić information content (AvgIpc) is 0.776. The zero-order valence-electron chi connectivity index (χ0n) is 84.7. The molecule has 782 valence electrons. The van der Waals surface area contributed by atoms with E-state index in [-0.39, 0.29) is 60.6 Å². The summed E-state index contributed by atoms with van der Waals surface area (Å²) in [5.41, 5.74) is -11.3. The van der Waals surface area contributed by atoms with E-state index in [1.165, 1.54) is 252 Å². The molecule has 0 amide bonds. The van der Waals surface area contributed by atoms with Gasteiger partial charge in [-0.1, -0.05) is 424 Å². The van der Waals surface area contributed by atoms with Crippen molar-refractivity contribution in [3.63, 3.8) is 0 Å². The molecule has 24 heteroatoms. The van der Waals surface area contributed by atoms with Crippen molar-refractivity contribution in [3.8, 4) is 81.5 Å². The van der Waals surface area contributed by atoms with E-state index >= 15 is 70.2 Å². The molecule has 0 fully saturated rings. The third kappa shape index (κ3) is 43.1. The average molecular weight is 1980 g/mol. The molecule has 6 aromatic rings. The number of benzene rings is 6. The van der Waals surface area contributed by atoms with Crippen molar-refractivity contribution in [3.05, 3.63) is 162 Å². The summed E-state index contributed by atoms with van der Waals surface area (Å²) in [4.78, 5) is 0. The molecule has 0 bridgehead atoms. The number of ether oxygens (including phenoxy) is 8. The molecule has 0 N–H and O–H groups in total. The standard InChI is InChI=1S/C116H158F16O8/c1-7-13-19-25-31-37-43-49-55-61-73-133-93-79-85(80-94(134-74-62-56-50-44-38-32-26-20-14-8-2)113(93)137-77-65-59-53-47-41-35-29-23-17-11-5)83-139-115-109(129)105(125)91(106(126)110(115)130)71-69-89-101(121)97(117)87(98(118)102(89)122)67-68-88-99(119)103(123)90(104(124)100(88)120)70-72-92-107(127)111(131)116(112(132)108(92)128)140-84-86-81-95(135-75-63-57-51-45-39-33-27-21-15-9-3)114(138-78-66-60-54-48-42-36-30-24-18-12-6)96(82-86)136-76-64-58-52-46-40-34-28-22-16-10-4/h79-82H,7-66,73-78,83-84H2,1-6H3. The first-order valence-electron chi connectivity index (χ1n) is 53.5. The van der Waals surface area contributed by atoms with Crippen molar-refractivity contribution in [1.29, 1.82) is 0 Å². The van der Waals surface area contributed by atoms with Crippen molar-refractivity contribution >= 4 is 0 Å². The summed E-state index contributed by atoms with van der Waals surface area (Å²) >= 11 is 0. The lowest BCUT2D eigenvalue weighted by molar-refractivity contribution is 0.230. The van der Waals surface area contributed by atoms with Gasteiger partial charge in [0.1, 0.15) is 46.6 Å². The molecular weight excluding hydrogens is 1830 g/mol. The van der Waals surface area contributed by atoms with Gasteiger partial charge in [-0.25, -0.2) is 52.7 Å². The number of hydrogen-bond donors (Lipinski definition) is 0. The van der Waals surface area contributed by atoms with Crippen LogP contribution in [0.4, 0.5) is 70.2 Å². The van der Waals surface area contributed by atoms with E-state index in [9.17, 15) is 0 Å². The van der Waals surface area contributed by atoms with Gasteiger partial charge in [-0.2, -0.15) is 17.6 Å². The summed E-state index contributed by atoms with van der Waals surface area (Å²) in [7, 11) is 0. The quantitative estimate of drug-likeness (QED) is 0.0162. The summed E-state index contributed by atoms with van der Waals surface area (Å²) in [5.74, 6) is -31.2. The van der Waals surface area contributed by atoms with Crippen LogP contribution in [0.15, 0.2) is 24.3 Å². The second kappa shape index (κ2) is 72.5. The van der Waals surface area contributed by atoms with E-state index in [2.05, 4.69) is 41.5 Å². The normalized spacial score (nSPS) is 11.3. The minimum atomic E-state index is -2.52. The molecule has 0 spiro atoms. The third-order valence-corrected chi connectivity index (χ3v) is 25.3. The molecule has 6 aromatic carbocycles. The van der Waals surface area contributed by atoms with Gasteiger partial charge in [0.25, 0.3) is 0 Å². The Bertz CT molecular complexity index is 4250. The van der Waals surface area contributed by atoms with Crippen LogP contribution in [0.25, 0.3) is 0 Å². The molecular formula is C116H158F16O8. The summed E-state index contributed by atoms with van der Waals surface area (Å²) < 4.78 is 305. The van der Waals surface area contributed by atoms with E-state index in [1.54, 1.807) is 0 Å². The smallest absolute Gasteiger partial charge is 0.205 e. The van der Waals surface area contributed by atoms with Crippen molar-refractivity contribution in [2.75, 3.05) is 39.6 Å². The van der Waals surface area contributed by atoms with E-state index in [0.717, 1.165) is 167 Å². The Morgan fingerprint density at radius 1 is 0.150 bits per heavy atom. The highest BCUT2D eigenvalue weighted by atomic mass is 19.2. The number of hydrogen-bond acceptors (Lipinski definition) is 8. The molecule has 8 nitrogen and oxygen atoms in total. The first-order chi connectivity index (χ1) is 68.1. The van der Waals surface area contributed by atoms with E-state index in [1.807, 2.05) is 0 Å². The van der Waals surface area contributed by atoms with Crippen LogP contribution < -0.4 is 37.9 Å². The monoisotopic (exact) mass is 1980 g/mol. The molecule has 0 saturated carbocycles. The van der Waals surface area contributed by atoms with Gasteiger partial charge in [-0.05, 0) is 73.9 Å². The largest absolute Gasteiger partial charge is 0.490 e. The van der Waals surface area contributed by atoms with Crippen LogP contribution in [-0.2, 0) is 13.2 Å². The zero-order chi connectivity index (χ0) is 101. The second-order valence-corrected chi connectivity index (χ2v) is 37.3. The Kier molecular flexibility index (Phi) is 62.1. The lowest BCUT2D eigenvalue weighted by Gasteiger charge is -2.19. The molecule has 140 heavy (non-hydrogen) atoms. The van der Waals surface area contributed by atoms with Gasteiger partial charge in [-0.3, -0.25) is 0 Å². The van der Waals surface area contributed by atoms with Crippen molar-refractivity contribution in [2.24, 2.45) is 0 Å². The highest BCUT2D eigenvalue weighted by molar-refractivity contribution is 5.58. The Morgan fingerprint density at radius 2 is 0.279 bits per heavy atom. The minimum absolute atomic E-state index is 0.174. The molecule has 0 aliphatic rings. The SMILES string of the molecule is CCCCCCCCCCCCOc1cc(COc2c(F)c(F)c(C#Cc3c(F)c(F)c(C#Cc4c(F)c(F)c(C#Cc5c(F)c(F)c(OCc6cc(OCCCCCCCCCCCC)c(OCCCCCCCCCCCC)c(OCCCCCCCCCCCC)c6)c(F)c5F)c(F)c4F)c(F)c3F)c(F)c2F)cc(OCCCCCCCCCCCC)c1OCCCCCCCCCCCC. The first-order valence-corrected chi connectivity index (χ1v) is 53.5. The predicted octanol–water partition coefficient (Wildman–Crippen LogP) is 37.1. The number of halogens is 16. The Balaban J connectivity index is 1.23. The predicted molar refractivity (Wildman–Crippen MR) is 529 cm³/mol. The van der Waals surface area contributed by atoms with Gasteiger partial charge in [0, 0.05) is 0 Å². The minimum Gasteiger partial charge on any atom is -0.490 e. The molecule has 0 aromatic heterocycles. The third-order valence-electron chi connectivity index (χ3n) is 25.3. The van der Waals surface area contributed by atoms with Crippen LogP contribution in [0.5, 0.6) is 46.0 Å². The first kappa shape index (κ1) is 120. The van der Waals surface area contributed by atoms with E-state index < -0.39 is 151 Å².